The van der Waals surface area contributed by atoms with E-state index >= 15 is 0 Å². The summed E-state index contributed by atoms with van der Waals surface area (Å²) in [5.41, 5.74) is -1.85. The van der Waals surface area contributed by atoms with Crippen molar-refractivity contribution in [3.63, 3.8) is 0 Å². The summed E-state index contributed by atoms with van der Waals surface area (Å²) in [6.07, 6.45) is -1.68. The van der Waals surface area contributed by atoms with Crippen molar-refractivity contribution in [1.29, 1.82) is 0 Å². The molecule has 2 rings (SSSR count). The Hall–Kier alpha value is -1.55. The van der Waals surface area contributed by atoms with E-state index in [0.717, 1.165) is 37.1 Å². The van der Waals surface area contributed by atoms with Crippen molar-refractivity contribution in [2.75, 3.05) is 0 Å². The number of aliphatic hydroxyl groups is 1. The highest BCUT2D eigenvalue weighted by Crippen LogP contribution is 2.41. The average Bonchev–Trinajstić information content (AvgIpc) is 2.42. The first-order valence-corrected chi connectivity index (χ1v) is 7.08. The Bertz CT molecular complexity index is 629. The summed E-state index contributed by atoms with van der Waals surface area (Å²) in [7, 11) is 0. The molecule has 0 bridgehead atoms. The standard InChI is InChI=1S/C17H19F3O/c1-3-4-6-12-9-10-14-13(11-12)7-5-8-15(14)16(2,21)17(18,19)20/h5,7-11,21H,3-4,6H2,1-2H3. The molecule has 0 aliphatic heterocycles. The van der Waals surface area contributed by atoms with Gasteiger partial charge in [0, 0.05) is 5.56 Å². The minimum absolute atomic E-state index is 0.102. The number of rotatable bonds is 4. The van der Waals surface area contributed by atoms with Crippen molar-refractivity contribution in [3.05, 3.63) is 47.5 Å². The van der Waals surface area contributed by atoms with Crippen LogP contribution < -0.4 is 0 Å². The highest BCUT2D eigenvalue weighted by atomic mass is 19.4. The SMILES string of the molecule is CCCCc1ccc2c(C(C)(O)C(F)(F)F)cccc2c1. The third kappa shape index (κ3) is 3.05. The first-order chi connectivity index (χ1) is 9.77. The van der Waals surface area contributed by atoms with Crippen LogP contribution in [0.2, 0.25) is 0 Å². The van der Waals surface area contributed by atoms with Crippen molar-refractivity contribution in [2.24, 2.45) is 0 Å². The third-order valence-electron chi connectivity index (χ3n) is 3.84. The molecule has 21 heavy (non-hydrogen) atoms. The van der Waals surface area contributed by atoms with Gasteiger partial charge in [-0.2, -0.15) is 13.2 Å². The van der Waals surface area contributed by atoms with E-state index in [0.29, 0.717) is 5.39 Å². The maximum absolute atomic E-state index is 13.0. The fraction of sp³-hybridized carbons (Fsp3) is 0.412. The molecule has 1 unspecified atom stereocenters. The lowest BCUT2D eigenvalue weighted by Gasteiger charge is -2.28. The summed E-state index contributed by atoms with van der Waals surface area (Å²) in [5, 5.41) is 11.1. The van der Waals surface area contributed by atoms with Crippen molar-refractivity contribution >= 4 is 10.8 Å². The summed E-state index contributed by atoms with van der Waals surface area (Å²) in [6.45, 7) is 2.90. The zero-order valence-corrected chi connectivity index (χ0v) is 12.2. The molecule has 0 amide bonds. The first-order valence-electron chi connectivity index (χ1n) is 7.08. The van der Waals surface area contributed by atoms with Gasteiger partial charge in [0.1, 0.15) is 0 Å². The second-order valence-corrected chi connectivity index (χ2v) is 5.53. The van der Waals surface area contributed by atoms with Gasteiger partial charge in [-0.1, -0.05) is 49.7 Å². The van der Waals surface area contributed by atoms with E-state index in [1.807, 2.05) is 12.1 Å². The Morgan fingerprint density at radius 3 is 2.43 bits per heavy atom. The van der Waals surface area contributed by atoms with Gasteiger partial charge in [-0.25, -0.2) is 0 Å². The van der Waals surface area contributed by atoms with Gasteiger partial charge in [-0.3, -0.25) is 0 Å². The van der Waals surface area contributed by atoms with E-state index in [4.69, 9.17) is 0 Å². The topological polar surface area (TPSA) is 20.2 Å². The largest absolute Gasteiger partial charge is 0.421 e. The summed E-state index contributed by atoms with van der Waals surface area (Å²) >= 11 is 0. The minimum Gasteiger partial charge on any atom is -0.376 e. The lowest BCUT2D eigenvalue weighted by molar-refractivity contribution is -0.258. The maximum Gasteiger partial charge on any atom is 0.421 e. The van der Waals surface area contributed by atoms with Crippen LogP contribution in [0.5, 0.6) is 0 Å². The number of hydrogen-bond donors (Lipinski definition) is 1. The quantitative estimate of drug-likeness (QED) is 0.846. The highest BCUT2D eigenvalue weighted by Gasteiger charge is 2.51. The Labute approximate surface area is 122 Å². The van der Waals surface area contributed by atoms with Gasteiger partial charge in [0.25, 0.3) is 0 Å². The first kappa shape index (κ1) is 15.8. The number of benzene rings is 2. The van der Waals surface area contributed by atoms with Crippen molar-refractivity contribution in [1.82, 2.24) is 0 Å². The van der Waals surface area contributed by atoms with Gasteiger partial charge in [0.2, 0.25) is 0 Å². The Kier molecular flexibility index (Phi) is 4.28. The number of unbranched alkanes of at least 4 members (excludes halogenated alkanes) is 1. The number of alkyl halides is 3. The lowest BCUT2D eigenvalue weighted by atomic mass is 9.89. The molecular formula is C17H19F3O. The second kappa shape index (κ2) is 5.68. The molecule has 0 heterocycles. The molecule has 114 valence electrons. The lowest BCUT2D eigenvalue weighted by Crippen LogP contribution is -2.39. The van der Waals surface area contributed by atoms with Crippen molar-refractivity contribution < 1.29 is 18.3 Å². The Morgan fingerprint density at radius 1 is 1.10 bits per heavy atom. The molecule has 0 aromatic heterocycles. The summed E-state index contributed by atoms with van der Waals surface area (Å²) < 4.78 is 39.1. The average molecular weight is 296 g/mol. The Balaban J connectivity index is 2.52. The number of aryl methyl sites for hydroxylation is 1. The van der Waals surface area contributed by atoms with E-state index in [1.54, 1.807) is 18.2 Å². The van der Waals surface area contributed by atoms with E-state index in [9.17, 15) is 18.3 Å². The molecule has 1 N–H and O–H groups in total. The van der Waals surface area contributed by atoms with Crippen LogP contribution in [0.15, 0.2) is 36.4 Å². The van der Waals surface area contributed by atoms with Crippen molar-refractivity contribution in [2.45, 2.75) is 44.9 Å². The predicted molar refractivity (Wildman–Crippen MR) is 78.2 cm³/mol. The molecule has 1 nitrogen and oxygen atoms in total. The fourth-order valence-corrected chi connectivity index (χ4v) is 2.45. The number of fused-ring (bicyclic) bond motifs is 1. The number of hydrogen-bond acceptors (Lipinski definition) is 1. The zero-order valence-electron chi connectivity index (χ0n) is 12.2. The highest BCUT2D eigenvalue weighted by molar-refractivity contribution is 5.87. The zero-order chi connectivity index (χ0) is 15.7. The maximum atomic E-state index is 13.0. The molecule has 0 spiro atoms. The van der Waals surface area contributed by atoms with Crippen LogP contribution in [0, 0.1) is 0 Å². The van der Waals surface area contributed by atoms with Crippen LogP contribution in [0.1, 0.15) is 37.8 Å². The van der Waals surface area contributed by atoms with Gasteiger partial charge >= 0.3 is 6.18 Å². The van der Waals surface area contributed by atoms with Crippen LogP contribution in [-0.4, -0.2) is 11.3 Å². The minimum atomic E-state index is -4.71. The van der Waals surface area contributed by atoms with Crippen LogP contribution in [0.25, 0.3) is 10.8 Å². The van der Waals surface area contributed by atoms with Crippen LogP contribution in [-0.2, 0) is 12.0 Å². The molecule has 0 fully saturated rings. The van der Waals surface area contributed by atoms with Gasteiger partial charge in [0.15, 0.2) is 5.60 Å². The summed E-state index contributed by atoms with van der Waals surface area (Å²) in [5.74, 6) is 0. The molecule has 1 atom stereocenters. The van der Waals surface area contributed by atoms with Gasteiger partial charge in [-0.15, -0.1) is 0 Å². The molecule has 0 saturated heterocycles. The monoisotopic (exact) mass is 296 g/mol. The smallest absolute Gasteiger partial charge is 0.376 e. The number of halogens is 3. The molecule has 0 radical (unpaired) electrons. The Morgan fingerprint density at radius 2 is 1.81 bits per heavy atom. The van der Waals surface area contributed by atoms with E-state index in [2.05, 4.69) is 6.92 Å². The molecular weight excluding hydrogens is 277 g/mol. The van der Waals surface area contributed by atoms with Crippen LogP contribution in [0.4, 0.5) is 13.2 Å². The van der Waals surface area contributed by atoms with Gasteiger partial charge in [0.05, 0.1) is 0 Å². The molecule has 0 saturated carbocycles. The van der Waals surface area contributed by atoms with Crippen LogP contribution >= 0.6 is 0 Å². The molecule has 4 heteroatoms. The normalized spacial score (nSPS) is 15.1. The molecule has 2 aromatic carbocycles. The van der Waals surface area contributed by atoms with Gasteiger partial charge < -0.3 is 5.11 Å². The molecule has 2 aromatic rings. The van der Waals surface area contributed by atoms with E-state index in [-0.39, 0.29) is 5.56 Å². The molecule has 0 aliphatic carbocycles. The third-order valence-corrected chi connectivity index (χ3v) is 3.84. The predicted octanol–water partition coefficient (Wildman–Crippen LogP) is 4.95. The fourth-order valence-electron chi connectivity index (χ4n) is 2.45. The summed E-state index contributed by atoms with van der Waals surface area (Å²) in [4.78, 5) is 0. The van der Waals surface area contributed by atoms with E-state index in [1.165, 1.54) is 6.07 Å². The molecule has 0 aliphatic rings. The summed E-state index contributed by atoms with van der Waals surface area (Å²) in [6, 6.07) is 10.1. The second-order valence-electron chi connectivity index (χ2n) is 5.53. The van der Waals surface area contributed by atoms with E-state index < -0.39 is 11.8 Å². The van der Waals surface area contributed by atoms with Gasteiger partial charge in [-0.05, 0) is 36.1 Å². The van der Waals surface area contributed by atoms with Crippen molar-refractivity contribution in [3.8, 4) is 0 Å². The van der Waals surface area contributed by atoms with Crippen LogP contribution in [0.3, 0.4) is 0 Å².